The summed E-state index contributed by atoms with van der Waals surface area (Å²) >= 11 is 0. The predicted octanol–water partition coefficient (Wildman–Crippen LogP) is 16.3. The first-order valence-corrected chi connectivity index (χ1v) is 23.3. The Morgan fingerprint density at radius 1 is 0.515 bits per heavy atom. The molecule has 0 saturated carbocycles. The Morgan fingerprint density at radius 3 is 1.76 bits per heavy atom. The molecule has 12 rings (SSSR count). The first kappa shape index (κ1) is 39.9. The number of fused-ring (bicyclic) bond motifs is 9. The second kappa shape index (κ2) is 15.2. The van der Waals surface area contributed by atoms with E-state index < -0.39 is 0 Å². The van der Waals surface area contributed by atoms with Crippen molar-refractivity contribution in [2.75, 3.05) is 4.90 Å². The van der Waals surface area contributed by atoms with Crippen LogP contribution in [0.3, 0.4) is 0 Å². The lowest BCUT2D eigenvalue weighted by atomic mass is 9.81. The zero-order chi connectivity index (χ0) is 44.7. The molecular weight excluding hydrogens is 799 g/mol. The molecule has 0 fully saturated rings. The zero-order valence-corrected chi connectivity index (χ0v) is 38.1. The number of para-hydroxylation sites is 1. The fraction of sp³-hybridized carbons (Fsp3) is 0.143. The highest BCUT2D eigenvalue weighted by Crippen LogP contribution is 2.52. The van der Waals surface area contributed by atoms with Crippen molar-refractivity contribution in [2.45, 2.75) is 57.9 Å². The summed E-state index contributed by atoms with van der Waals surface area (Å²) < 4.78 is 0. The van der Waals surface area contributed by atoms with E-state index in [1.807, 2.05) is 0 Å². The second-order valence-electron chi connectivity index (χ2n) is 19.3. The van der Waals surface area contributed by atoms with Crippen molar-refractivity contribution >= 4 is 34.1 Å². The molecule has 8 aromatic carbocycles. The van der Waals surface area contributed by atoms with Crippen LogP contribution in [0.4, 0.5) is 5.69 Å². The van der Waals surface area contributed by atoms with Gasteiger partial charge in [0.25, 0.3) is 0 Å². The third-order valence-corrected chi connectivity index (χ3v) is 14.9. The van der Waals surface area contributed by atoms with Crippen LogP contribution in [0.15, 0.2) is 204 Å². The van der Waals surface area contributed by atoms with Gasteiger partial charge in [0.15, 0.2) is 0 Å². The molecule has 9 aromatic rings. The van der Waals surface area contributed by atoms with Crippen LogP contribution in [-0.2, 0) is 17.4 Å². The van der Waals surface area contributed by atoms with Crippen LogP contribution in [0.25, 0.3) is 77.4 Å². The monoisotopic (exact) mass is 849 g/mol. The summed E-state index contributed by atoms with van der Waals surface area (Å²) in [5.74, 6) is 0. The minimum absolute atomic E-state index is 0.103. The van der Waals surface area contributed by atoms with Gasteiger partial charge in [-0.3, -0.25) is 4.99 Å². The highest BCUT2D eigenvalue weighted by atomic mass is 15.2. The van der Waals surface area contributed by atoms with Gasteiger partial charge in [0.2, 0.25) is 0 Å². The molecule has 3 heteroatoms. The van der Waals surface area contributed by atoms with E-state index in [4.69, 9.17) is 4.98 Å². The van der Waals surface area contributed by atoms with Gasteiger partial charge in [0, 0.05) is 45.1 Å². The molecule has 318 valence electrons. The fourth-order valence-corrected chi connectivity index (χ4v) is 11.4. The number of allylic oxidation sites excluding steroid dienone is 3. The number of benzene rings is 8. The van der Waals surface area contributed by atoms with E-state index in [2.05, 4.69) is 232 Å². The van der Waals surface area contributed by atoms with Crippen molar-refractivity contribution in [1.29, 1.82) is 0 Å². The summed E-state index contributed by atoms with van der Waals surface area (Å²) in [7, 11) is 0. The standard InChI is InChI=1S/C63H51N3/c1-62(2)54-23-13-11-20-46(54)48-33-31-42(35-56(48)62)51-37-53-52(41-29-27-40(28-30-41)39-66(44-17-7-6-8-18-44)60-26-16-15-25-58(60)64-5)38-59(65-61(53)50-22-10-9-19-45(50)51)43-32-34-49-47-21-12-14-24-55(47)63(3,4)57(49)36-43/h6-15,17-25,27-38H,5,16,26,39H2,1-4H3. The Balaban J connectivity index is 1.04. The summed E-state index contributed by atoms with van der Waals surface area (Å²) in [6.07, 6.45) is 6.20. The highest BCUT2D eigenvalue weighted by molar-refractivity contribution is 6.16. The smallest absolute Gasteiger partial charge is 0.0814 e. The van der Waals surface area contributed by atoms with Gasteiger partial charge in [-0.25, -0.2) is 4.98 Å². The Bertz CT molecular complexity index is 3510. The van der Waals surface area contributed by atoms with E-state index in [0.29, 0.717) is 0 Å². The topological polar surface area (TPSA) is 28.5 Å². The Morgan fingerprint density at radius 2 is 1.08 bits per heavy atom. The van der Waals surface area contributed by atoms with Crippen LogP contribution >= 0.6 is 0 Å². The van der Waals surface area contributed by atoms with E-state index >= 15 is 0 Å². The average molecular weight is 850 g/mol. The number of hydrogen-bond acceptors (Lipinski definition) is 3. The van der Waals surface area contributed by atoms with Gasteiger partial charge < -0.3 is 4.90 Å². The van der Waals surface area contributed by atoms with Crippen LogP contribution in [-0.4, -0.2) is 11.7 Å². The summed E-state index contributed by atoms with van der Waals surface area (Å²) in [6.45, 7) is 14.1. The molecule has 0 spiro atoms. The van der Waals surface area contributed by atoms with Gasteiger partial charge in [-0.2, -0.15) is 0 Å². The Kier molecular flexibility index (Phi) is 9.22. The van der Waals surface area contributed by atoms with Crippen LogP contribution < -0.4 is 4.90 Å². The lowest BCUT2D eigenvalue weighted by Gasteiger charge is -2.30. The molecule has 0 amide bonds. The zero-order valence-electron chi connectivity index (χ0n) is 38.1. The van der Waals surface area contributed by atoms with E-state index in [0.717, 1.165) is 63.9 Å². The molecule has 0 atom stereocenters. The number of rotatable bonds is 8. The maximum atomic E-state index is 5.65. The van der Waals surface area contributed by atoms with Crippen molar-refractivity contribution < 1.29 is 0 Å². The second-order valence-corrected chi connectivity index (χ2v) is 19.3. The molecular formula is C63H51N3. The van der Waals surface area contributed by atoms with Crippen LogP contribution in [0.2, 0.25) is 0 Å². The summed E-state index contributed by atoms with van der Waals surface area (Å²) in [4.78, 5) is 12.5. The van der Waals surface area contributed by atoms with Gasteiger partial charge in [-0.1, -0.05) is 173 Å². The molecule has 0 bridgehead atoms. The maximum absolute atomic E-state index is 5.65. The van der Waals surface area contributed by atoms with Gasteiger partial charge in [-0.15, -0.1) is 0 Å². The quantitative estimate of drug-likeness (QED) is 0.113. The molecule has 3 nitrogen and oxygen atoms in total. The predicted molar refractivity (Wildman–Crippen MR) is 278 cm³/mol. The van der Waals surface area contributed by atoms with E-state index in [1.54, 1.807) is 0 Å². The summed E-state index contributed by atoms with van der Waals surface area (Å²) in [5.41, 5.74) is 23.0. The van der Waals surface area contributed by atoms with Gasteiger partial charge in [-0.05, 0) is 140 Å². The average Bonchev–Trinajstić information content (AvgIpc) is 3.74. The highest BCUT2D eigenvalue weighted by Gasteiger charge is 2.37. The number of aromatic nitrogens is 1. The molecule has 3 aliphatic carbocycles. The van der Waals surface area contributed by atoms with Crippen LogP contribution in [0.5, 0.6) is 0 Å². The first-order valence-electron chi connectivity index (χ1n) is 23.3. The third kappa shape index (κ3) is 6.25. The molecule has 0 radical (unpaired) electrons. The summed E-state index contributed by atoms with van der Waals surface area (Å²) in [6, 6.07) is 65.4. The minimum Gasteiger partial charge on any atom is -0.339 e. The molecule has 0 N–H and O–H groups in total. The molecule has 1 aromatic heterocycles. The van der Waals surface area contributed by atoms with Crippen LogP contribution in [0, 0.1) is 0 Å². The van der Waals surface area contributed by atoms with E-state index in [1.165, 1.54) is 77.8 Å². The van der Waals surface area contributed by atoms with Crippen molar-refractivity contribution in [3.63, 3.8) is 0 Å². The molecule has 0 saturated heterocycles. The molecule has 1 heterocycles. The van der Waals surface area contributed by atoms with Crippen molar-refractivity contribution in [3.8, 4) is 55.8 Å². The van der Waals surface area contributed by atoms with Gasteiger partial charge >= 0.3 is 0 Å². The third-order valence-electron chi connectivity index (χ3n) is 14.9. The summed E-state index contributed by atoms with van der Waals surface area (Å²) in [5, 5.41) is 3.50. The normalized spacial score (nSPS) is 15.1. The van der Waals surface area contributed by atoms with E-state index in [-0.39, 0.29) is 10.8 Å². The number of hydrogen-bond donors (Lipinski definition) is 0. The van der Waals surface area contributed by atoms with Crippen molar-refractivity contribution in [1.82, 2.24) is 4.98 Å². The first-order chi connectivity index (χ1) is 32.2. The number of aliphatic imine (C=N–C) groups is 1. The SMILES string of the molecule is C=NC1=C(N(Cc2ccc(-c3cc(-c4ccc5c(c4)C(C)(C)c4ccccc4-5)nc4c3cc(-c3ccc5c(c3)C(C)(C)c3ccccc3-5)c3ccccc34)cc2)c2ccccc2)CCC=C1. The lowest BCUT2D eigenvalue weighted by molar-refractivity contribution is 0.660. The molecule has 3 aliphatic rings. The van der Waals surface area contributed by atoms with Crippen LogP contribution in [0.1, 0.15) is 68.4 Å². The lowest BCUT2D eigenvalue weighted by Crippen LogP contribution is -2.24. The largest absolute Gasteiger partial charge is 0.339 e. The number of nitrogens with zero attached hydrogens (tertiary/aromatic N) is 3. The van der Waals surface area contributed by atoms with E-state index in [9.17, 15) is 0 Å². The number of anilines is 1. The Labute approximate surface area is 388 Å². The van der Waals surface area contributed by atoms with Gasteiger partial charge in [0.1, 0.15) is 0 Å². The molecule has 66 heavy (non-hydrogen) atoms. The fourth-order valence-electron chi connectivity index (χ4n) is 11.4. The Hall–Kier alpha value is -7.62. The number of pyridine rings is 1. The minimum atomic E-state index is -0.120. The van der Waals surface area contributed by atoms with Crippen molar-refractivity contribution in [3.05, 3.63) is 227 Å². The molecule has 0 aliphatic heterocycles. The molecule has 0 unspecified atom stereocenters. The van der Waals surface area contributed by atoms with Crippen molar-refractivity contribution in [2.24, 2.45) is 4.99 Å². The van der Waals surface area contributed by atoms with Gasteiger partial charge in [0.05, 0.1) is 16.9 Å². The maximum Gasteiger partial charge on any atom is 0.0814 e.